The van der Waals surface area contributed by atoms with E-state index < -0.39 is 18.4 Å². The largest absolute Gasteiger partial charge is 0.480 e. The summed E-state index contributed by atoms with van der Waals surface area (Å²) in [5.74, 6) is -1.56. The van der Waals surface area contributed by atoms with Crippen LogP contribution in [0.4, 0.5) is 0 Å². The maximum absolute atomic E-state index is 11.4. The van der Waals surface area contributed by atoms with Gasteiger partial charge in [-0.3, -0.25) is 9.59 Å². The normalized spacial score (nSPS) is 9.73. The highest BCUT2D eigenvalue weighted by atomic mass is 79.9. The third-order valence-corrected chi connectivity index (χ3v) is 3.23. The van der Waals surface area contributed by atoms with Gasteiger partial charge in [0.2, 0.25) is 0 Å². The molecule has 0 aliphatic carbocycles. The van der Waals surface area contributed by atoms with Crippen LogP contribution in [-0.4, -0.2) is 28.5 Å². The maximum Gasteiger partial charge on any atom is 0.322 e. The Balaban J connectivity index is 2.74. The van der Waals surface area contributed by atoms with Gasteiger partial charge in [0.15, 0.2) is 0 Å². The molecule has 0 saturated carbocycles. The average molecular weight is 338 g/mol. The Labute approximate surface area is 102 Å². The topological polar surface area (TPSA) is 79.3 Å². The molecule has 1 amide bonds. The van der Waals surface area contributed by atoms with Crippen molar-refractivity contribution >= 4 is 43.7 Å². The zero-order chi connectivity index (χ0) is 11.4. The van der Waals surface area contributed by atoms with Crippen molar-refractivity contribution in [2.24, 2.45) is 0 Å². The van der Waals surface area contributed by atoms with Gasteiger partial charge in [-0.15, -0.1) is 0 Å². The molecule has 0 aliphatic rings. The van der Waals surface area contributed by atoms with Crippen molar-refractivity contribution in [2.75, 3.05) is 6.54 Å². The molecule has 0 radical (unpaired) electrons. The summed E-state index contributed by atoms with van der Waals surface area (Å²) < 4.78 is 1.21. The second-order valence-corrected chi connectivity index (χ2v) is 4.18. The lowest BCUT2D eigenvalue weighted by Gasteiger charge is -2.02. The highest BCUT2D eigenvalue weighted by molar-refractivity contribution is 9.13. The first-order valence-corrected chi connectivity index (χ1v) is 5.40. The number of carbonyl (C=O) groups excluding carboxylic acids is 1. The monoisotopic (exact) mass is 336 g/mol. The molecule has 1 rings (SSSR count). The Morgan fingerprint density at radius 3 is 2.67 bits per heavy atom. The molecule has 0 fully saturated rings. The predicted molar refractivity (Wildman–Crippen MR) is 59.6 cm³/mol. The number of carbonyl (C=O) groups is 2. The number of rotatable bonds is 3. The van der Waals surface area contributed by atoms with Crippen LogP contribution in [0.1, 0.15) is 10.4 Å². The first-order chi connectivity index (χ1) is 7.00. The molecule has 0 spiro atoms. The Morgan fingerprint density at radius 1 is 1.47 bits per heavy atom. The van der Waals surface area contributed by atoms with Crippen LogP contribution in [0.5, 0.6) is 0 Å². The van der Waals surface area contributed by atoms with Crippen molar-refractivity contribution in [2.45, 2.75) is 0 Å². The van der Waals surface area contributed by atoms with Crippen LogP contribution in [-0.2, 0) is 4.79 Å². The lowest BCUT2D eigenvalue weighted by atomic mass is 10.3. The molecular weight excluding hydrogens is 332 g/mol. The minimum absolute atomic E-state index is 0.298. The Kier molecular flexibility index (Phi) is 4.22. The molecule has 1 heterocycles. The first kappa shape index (κ1) is 12.1. The van der Waals surface area contributed by atoms with Gasteiger partial charge < -0.3 is 10.4 Å². The van der Waals surface area contributed by atoms with Gasteiger partial charge in [-0.05, 0) is 37.9 Å². The van der Waals surface area contributed by atoms with Crippen LogP contribution in [0.2, 0.25) is 0 Å². The zero-order valence-electron chi connectivity index (χ0n) is 7.33. The van der Waals surface area contributed by atoms with E-state index >= 15 is 0 Å². The third-order valence-electron chi connectivity index (χ3n) is 1.46. The molecule has 15 heavy (non-hydrogen) atoms. The lowest BCUT2D eigenvalue weighted by molar-refractivity contribution is -0.135. The number of pyridine rings is 1. The molecule has 1 aromatic heterocycles. The van der Waals surface area contributed by atoms with E-state index in [4.69, 9.17) is 5.11 Å². The average Bonchev–Trinajstić information content (AvgIpc) is 2.18. The van der Waals surface area contributed by atoms with Crippen LogP contribution < -0.4 is 5.32 Å². The number of amides is 1. The smallest absolute Gasteiger partial charge is 0.322 e. The van der Waals surface area contributed by atoms with Crippen LogP contribution in [0, 0.1) is 0 Å². The number of aromatic nitrogens is 1. The van der Waals surface area contributed by atoms with E-state index in [0.29, 0.717) is 14.6 Å². The second-order valence-electron chi connectivity index (χ2n) is 2.57. The Hall–Kier alpha value is -0.950. The van der Waals surface area contributed by atoms with Crippen molar-refractivity contribution in [3.8, 4) is 0 Å². The highest BCUT2D eigenvalue weighted by Crippen LogP contribution is 2.20. The summed E-state index contributed by atoms with van der Waals surface area (Å²) >= 11 is 6.35. The van der Waals surface area contributed by atoms with Crippen molar-refractivity contribution in [1.29, 1.82) is 0 Å². The zero-order valence-corrected chi connectivity index (χ0v) is 10.5. The summed E-state index contributed by atoms with van der Waals surface area (Å²) in [4.78, 5) is 25.5. The maximum atomic E-state index is 11.4. The number of carboxylic acids is 1. The van der Waals surface area contributed by atoms with Gasteiger partial charge in [-0.2, -0.15) is 0 Å². The summed E-state index contributed by atoms with van der Waals surface area (Å²) in [5, 5.41) is 10.6. The van der Waals surface area contributed by atoms with E-state index in [-0.39, 0.29) is 0 Å². The van der Waals surface area contributed by atoms with Crippen LogP contribution in [0.25, 0.3) is 0 Å². The minimum atomic E-state index is -1.09. The van der Waals surface area contributed by atoms with E-state index in [9.17, 15) is 9.59 Å². The van der Waals surface area contributed by atoms with Gasteiger partial charge in [0, 0.05) is 6.20 Å². The summed E-state index contributed by atoms with van der Waals surface area (Å²) in [6.45, 7) is -0.410. The first-order valence-electron chi connectivity index (χ1n) is 3.81. The fourth-order valence-electron chi connectivity index (χ4n) is 0.803. The van der Waals surface area contributed by atoms with Crippen molar-refractivity contribution in [3.05, 3.63) is 26.9 Å². The number of nitrogens with one attached hydrogen (secondary N) is 1. The van der Waals surface area contributed by atoms with Gasteiger partial charge >= 0.3 is 5.97 Å². The van der Waals surface area contributed by atoms with E-state index in [1.807, 2.05) is 0 Å². The Bertz CT molecular complexity index is 409. The number of aliphatic carboxylic acids is 1. The fraction of sp³-hybridized carbons (Fsp3) is 0.125. The van der Waals surface area contributed by atoms with Gasteiger partial charge in [-0.1, -0.05) is 0 Å². The minimum Gasteiger partial charge on any atom is -0.480 e. The molecule has 0 unspecified atom stereocenters. The van der Waals surface area contributed by atoms with Crippen LogP contribution in [0.3, 0.4) is 0 Å². The van der Waals surface area contributed by atoms with E-state index in [2.05, 4.69) is 42.2 Å². The number of carboxylic acid groups (broad SMARTS) is 1. The molecule has 1 aromatic rings. The van der Waals surface area contributed by atoms with Gasteiger partial charge in [-0.25, -0.2) is 4.98 Å². The molecule has 5 nitrogen and oxygen atoms in total. The van der Waals surface area contributed by atoms with Crippen molar-refractivity contribution < 1.29 is 14.7 Å². The standard InChI is InChI=1S/C8H6Br2N2O3/c9-5-1-4(2-11-7(5)10)8(15)12-3-6(13)14/h1-2H,3H2,(H,12,15)(H,13,14). The van der Waals surface area contributed by atoms with E-state index in [1.54, 1.807) is 6.07 Å². The molecule has 80 valence electrons. The van der Waals surface area contributed by atoms with E-state index in [0.717, 1.165) is 0 Å². The molecule has 0 bridgehead atoms. The van der Waals surface area contributed by atoms with E-state index in [1.165, 1.54) is 6.20 Å². The number of hydrogen-bond acceptors (Lipinski definition) is 3. The third kappa shape index (κ3) is 3.60. The van der Waals surface area contributed by atoms with Gasteiger partial charge in [0.05, 0.1) is 10.0 Å². The summed E-state index contributed by atoms with van der Waals surface area (Å²) in [6, 6.07) is 1.55. The Morgan fingerprint density at radius 2 is 2.13 bits per heavy atom. The molecular formula is C8H6Br2N2O3. The summed E-state index contributed by atoms with van der Waals surface area (Å²) in [5.41, 5.74) is 0.298. The fourth-order valence-corrected chi connectivity index (χ4v) is 1.37. The molecule has 7 heteroatoms. The van der Waals surface area contributed by atoms with Gasteiger partial charge in [0.1, 0.15) is 11.1 Å². The molecule has 0 atom stereocenters. The molecule has 2 N–H and O–H groups in total. The van der Waals surface area contributed by atoms with Crippen molar-refractivity contribution in [3.63, 3.8) is 0 Å². The van der Waals surface area contributed by atoms with Crippen molar-refractivity contribution in [1.82, 2.24) is 10.3 Å². The molecule has 0 aromatic carbocycles. The predicted octanol–water partition coefficient (Wildman–Crippen LogP) is 1.42. The SMILES string of the molecule is O=C(O)CNC(=O)c1cnc(Br)c(Br)c1. The van der Waals surface area contributed by atoms with Crippen LogP contribution in [0.15, 0.2) is 21.3 Å². The number of nitrogens with zero attached hydrogens (tertiary/aromatic N) is 1. The summed E-state index contributed by atoms with van der Waals surface area (Å²) in [7, 11) is 0. The van der Waals surface area contributed by atoms with Crippen LogP contribution >= 0.6 is 31.9 Å². The molecule has 0 aliphatic heterocycles. The second kappa shape index (κ2) is 5.22. The number of halogens is 2. The molecule has 0 saturated heterocycles. The van der Waals surface area contributed by atoms with Gasteiger partial charge in [0.25, 0.3) is 5.91 Å². The number of hydrogen-bond donors (Lipinski definition) is 2. The summed E-state index contributed by atoms with van der Waals surface area (Å²) in [6.07, 6.45) is 1.35. The quantitative estimate of drug-likeness (QED) is 0.817. The highest BCUT2D eigenvalue weighted by Gasteiger charge is 2.09. The lowest BCUT2D eigenvalue weighted by Crippen LogP contribution is -2.29.